The molecule has 0 bridgehead atoms. The number of benzene rings is 1. The van der Waals surface area contributed by atoms with Gasteiger partial charge in [0.1, 0.15) is 11.8 Å². The molecule has 1 aromatic heterocycles. The van der Waals surface area contributed by atoms with Crippen LogP contribution < -0.4 is 10.1 Å². The first kappa shape index (κ1) is 20.3. The molecular formula is C20H26N4O3S. The maximum atomic E-state index is 12.5. The van der Waals surface area contributed by atoms with Crippen molar-refractivity contribution in [3.8, 4) is 5.75 Å². The summed E-state index contributed by atoms with van der Waals surface area (Å²) in [5.41, 5.74) is 2.16. The van der Waals surface area contributed by atoms with Crippen LogP contribution in [0.3, 0.4) is 0 Å². The minimum absolute atomic E-state index is 0.385. The van der Waals surface area contributed by atoms with E-state index in [1.807, 2.05) is 31.2 Å². The van der Waals surface area contributed by atoms with Crippen molar-refractivity contribution in [1.82, 2.24) is 14.8 Å². The van der Waals surface area contributed by atoms with E-state index in [9.17, 15) is 4.79 Å². The molecule has 0 amide bonds. The maximum absolute atomic E-state index is 12.5. The lowest BCUT2D eigenvalue weighted by Gasteiger charge is -2.27. The highest BCUT2D eigenvalue weighted by atomic mass is 32.2. The summed E-state index contributed by atoms with van der Waals surface area (Å²) in [7, 11) is 1.39. The zero-order chi connectivity index (χ0) is 20.1. The average molecular weight is 403 g/mol. The number of fused-ring (bicyclic) bond motifs is 1. The smallest absolute Gasteiger partial charge is 0.338 e. The zero-order valence-electron chi connectivity index (χ0n) is 16.7. The van der Waals surface area contributed by atoms with Crippen molar-refractivity contribution in [3.05, 3.63) is 41.1 Å². The van der Waals surface area contributed by atoms with Crippen LogP contribution in [0.2, 0.25) is 0 Å². The molecule has 0 radical (unpaired) electrons. The number of nitrogens with one attached hydrogen (secondary N) is 1. The molecule has 1 aliphatic heterocycles. The second-order valence-electron chi connectivity index (χ2n) is 6.42. The van der Waals surface area contributed by atoms with Crippen LogP contribution >= 0.6 is 11.8 Å². The van der Waals surface area contributed by atoms with E-state index in [1.54, 1.807) is 16.4 Å². The first-order valence-electron chi connectivity index (χ1n) is 9.47. The Balaban J connectivity index is 1.98. The fourth-order valence-corrected chi connectivity index (χ4v) is 3.64. The largest absolute Gasteiger partial charge is 0.494 e. The second-order valence-corrected chi connectivity index (χ2v) is 7.66. The minimum atomic E-state index is -0.410. The van der Waals surface area contributed by atoms with E-state index in [-0.39, 0.29) is 5.97 Å². The van der Waals surface area contributed by atoms with Gasteiger partial charge in [-0.1, -0.05) is 44.2 Å². The number of ether oxygens (including phenoxy) is 2. The Morgan fingerprint density at radius 3 is 2.68 bits per heavy atom. The third-order valence-electron chi connectivity index (χ3n) is 4.47. The van der Waals surface area contributed by atoms with Gasteiger partial charge in [-0.2, -0.15) is 4.98 Å². The number of hydrogen-bond acceptors (Lipinski definition) is 7. The topological polar surface area (TPSA) is 78.3 Å². The van der Waals surface area contributed by atoms with Gasteiger partial charge in [-0.3, -0.25) is 0 Å². The standard InChI is InChI=1S/C20H26N4O3S/c1-5-7-12-27-15-10-8-14(9-11-15)17-16(18(25)26-4)13(3)21-19-22-20(28-6-2)23-24(17)19/h8-11,17H,5-7,12H2,1-4H3,(H,21,22,23). The zero-order valence-corrected chi connectivity index (χ0v) is 17.5. The Labute approximate surface area is 169 Å². The van der Waals surface area contributed by atoms with Gasteiger partial charge in [0, 0.05) is 5.70 Å². The van der Waals surface area contributed by atoms with Gasteiger partial charge in [0.2, 0.25) is 11.1 Å². The van der Waals surface area contributed by atoms with Crippen LogP contribution in [0.5, 0.6) is 5.75 Å². The monoisotopic (exact) mass is 402 g/mol. The number of esters is 1. The predicted octanol–water partition coefficient (Wildman–Crippen LogP) is 4.03. The number of thioether (sulfide) groups is 1. The van der Waals surface area contributed by atoms with E-state index >= 15 is 0 Å². The summed E-state index contributed by atoms with van der Waals surface area (Å²) in [4.78, 5) is 17.1. The van der Waals surface area contributed by atoms with Crippen LogP contribution in [0, 0.1) is 0 Å². The van der Waals surface area contributed by atoms with Gasteiger partial charge in [-0.15, -0.1) is 5.10 Å². The first-order valence-corrected chi connectivity index (χ1v) is 10.5. The Bertz CT molecular complexity index is 861. The number of rotatable bonds is 8. The molecule has 1 aliphatic rings. The van der Waals surface area contributed by atoms with Gasteiger partial charge in [-0.25, -0.2) is 9.48 Å². The number of anilines is 1. The summed E-state index contributed by atoms with van der Waals surface area (Å²) in [6.07, 6.45) is 2.11. The van der Waals surface area contributed by atoms with E-state index in [4.69, 9.17) is 9.47 Å². The fraction of sp³-hybridized carbons (Fsp3) is 0.450. The molecule has 0 saturated heterocycles. The summed E-state index contributed by atoms with van der Waals surface area (Å²) in [5, 5.41) is 8.47. The Morgan fingerprint density at radius 2 is 2.04 bits per heavy atom. The molecule has 2 heterocycles. The van der Waals surface area contributed by atoms with Crippen molar-refractivity contribution >= 4 is 23.7 Å². The van der Waals surface area contributed by atoms with Gasteiger partial charge in [0.05, 0.1) is 19.3 Å². The third kappa shape index (κ3) is 4.16. The number of aromatic nitrogens is 3. The molecule has 1 aromatic carbocycles. The SMILES string of the molecule is CCCCOc1ccc(C2C(C(=O)OC)=C(C)Nc3nc(SCC)nn32)cc1. The number of carbonyl (C=O) groups excluding carboxylic acids is 1. The Kier molecular flexibility index (Phi) is 6.61. The molecule has 1 N–H and O–H groups in total. The average Bonchev–Trinajstić information content (AvgIpc) is 3.09. The molecule has 0 aliphatic carbocycles. The number of unbranched alkanes of at least 4 members (excludes halogenated alkanes) is 1. The van der Waals surface area contributed by atoms with Crippen molar-refractivity contribution in [2.24, 2.45) is 0 Å². The Hall–Kier alpha value is -2.48. The highest BCUT2D eigenvalue weighted by molar-refractivity contribution is 7.99. The van der Waals surface area contributed by atoms with Gasteiger partial charge >= 0.3 is 5.97 Å². The van der Waals surface area contributed by atoms with Gasteiger partial charge in [-0.05, 0) is 36.8 Å². The number of nitrogens with zero attached hydrogens (tertiary/aromatic N) is 3. The van der Waals surface area contributed by atoms with Crippen LogP contribution in [-0.2, 0) is 9.53 Å². The van der Waals surface area contributed by atoms with Gasteiger partial charge in [0.25, 0.3) is 0 Å². The molecule has 0 saturated carbocycles. The minimum Gasteiger partial charge on any atom is -0.494 e. The van der Waals surface area contributed by atoms with Crippen molar-refractivity contribution < 1.29 is 14.3 Å². The molecule has 1 unspecified atom stereocenters. The van der Waals surface area contributed by atoms with Crippen LogP contribution in [0.1, 0.15) is 45.2 Å². The first-order chi connectivity index (χ1) is 13.6. The molecule has 7 nitrogen and oxygen atoms in total. The molecule has 2 aromatic rings. The van der Waals surface area contributed by atoms with E-state index in [1.165, 1.54) is 7.11 Å². The highest BCUT2D eigenvalue weighted by Crippen LogP contribution is 2.37. The van der Waals surface area contributed by atoms with Crippen LogP contribution in [0.15, 0.2) is 40.7 Å². The summed E-state index contributed by atoms with van der Waals surface area (Å²) < 4.78 is 12.6. The quantitative estimate of drug-likeness (QED) is 0.406. The maximum Gasteiger partial charge on any atom is 0.338 e. The third-order valence-corrected chi connectivity index (χ3v) is 5.19. The van der Waals surface area contributed by atoms with E-state index < -0.39 is 6.04 Å². The van der Waals surface area contributed by atoms with Crippen LogP contribution in [0.25, 0.3) is 0 Å². The Morgan fingerprint density at radius 1 is 1.29 bits per heavy atom. The molecule has 1 atom stereocenters. The van der Waals surface area contributed by atoms with E-state index in [2.05, 4.69) is 29.2 Å². The normalized spacial score (nSPS) is 15.8. The van der Waals surface area contributed by atoms with Gasteiger partial charge < -0.3 is 14.8 Å². The van der Waals surface area contributed by atoms with E-state index in [0.717, 1.165) is 29.9 Å². The molecule has 0 fully saturated rings. The number of methoxy groups -OCH3 is 1. The summed E-state index contributed by atoms with van der Waals surface area (Å²) >= 11 is 1.56. The summed E-state index contributed by atoms with van der Waals surface area (Å²) in [6, 6.07) is 7.37. The van der Waals surface area contributed by atoms with Crippen molar-refractivity contribution in [2.75, 3.05) is 24.8 Å². The fourth-order valence-electron chi connectivity index (χ4n) is 3.08. The lowest BCUT2D eigenvalue weighted by atomic mass is 9.96. The number of carbonyl (C=O) groups is 1. The molecule has 150 valence electrons. The van der Waals surface area contributed by atoms with Gasteiger partial charge in [0.15, 0.2) is 0 Å². The second kappa shape index (κ2) is 9.14. The molecule has 3 rings (SSSR count). The van der Waals surface area contributed by atoms with E-state index in [0.29, 0.717) is 29.0 Å². The van der Waals surface area contributed by atoms with Crippen LogP contribution in [-0.4, -0.2) is 40.2 Å². The predicted molar refractivity (Wildman–Crippen MR) is 110 cm³/mol. The molecule has 0 spiro atoms. The molecule has 8 heteroatoms. The lowest BCUT2D eigenvalue weighted by Crippen LogP contribution is -2.29. The van der Waals surface area contributed by atoms with Crippen molar-refractivity contribution in [2.45, 2.75) is 44.8 Å². The van der Waals surface area contributed by atoms with Crippen molar-refractivity contribution in [1.29, 1.82) is 0 Å². The highest BCUT2D eigenvalue weighted by Gasteiger charge is 2.34. The van der Waals surface area contributed by atoms with Crippen molar-refractivity contribution in [3.63, 3.8) is 0 Å². The number of allylic oxidation sites excluding steroid dienone is 1. The summed E-state index contributed by atoms with van der Waals surface area (Å²) in [5.74, 6) is 1.92. The summed E-state index contributed by atoms with van der Waals surface area (Å²) in [6.45, 7) is 6.73. The number of hydrogen-bond donors (Lipinski definition) is 1. The lowest BCUT2D eigenvalue weighted by molar-refractivity contribution is -0.136. The molecular weight excluding hydrogens is 376 g/mol. The molecule has 28 heavy (non-hydrogen) atoms. The van der Waals surface area contributed by atoms with Crippen LogP contribution in [0.4, 0.5) is 5.95 Å².